The lowest BCUT2D eigenvalue weighted by Crippen LogP contribution is -2.24. The molecule has 108 valence electrons. The van der Waals surface area contributed by atoms with E-state index < -0.39 is 18.4 Å². The molecule has 0 radical (unpaired) electrons. The minimum Gasteiger partial charge on any atom is -0.480 e. The molecule has 3 atom stereocenters. The number of rotatable bonds is 3. The first-order valence-electron chi connectivity index (χ1n) is 6.02. The molecule has 2 N–H and O–H groups in total. The van der Waals surface area contributed by atoms with E-state index in [2.05, 4.69) is 15.0 Å². The Balaban J connectivity index is 2.07. The van der Waals surface area contributed by atoms with Crippen molar-refractivity contribution in [2.24, 2.45) is 0 Å². The van der Waals surface area contributed by atoms with Crippen LogP contribution in [0.15, 0.2) is 6.33 Å². The number of fused-ring (bicyclic) bond motifs is 1. The molecule has 3 aliphatic heterocycles. The molecule has 0 aliphatic carbocycles. The first-order valence-corrected chi connectivity index (χ1v) is 6.40. The molecule has 0 spiro atoms. The molecule has 9 heteroatoms. The zero-order chi connectivity index (χ0) is 14.3. The van der Waals surface area contributed by atoms with Gasteiger partial charge in [-0.2, -0.15) is 4.98 Å². The molecule has 3 rings (SSSR count). The van der Waals surface area contributed by atoms with Gasteiger partial charge in [0.2, 0.25) is 11.2 Å². The fraction of sp³-hybridized carbons (Fsp3) is 0.545. The SMILES string of the molecule is COc1c2ncnc-2nc(Cl)n1C1C[C@H](O)[C@@H](CO)O1. The summed E-state index contributed by atoms with van der Waals surface area (Å²) < 4.78 is 12.4. The maximum Gasteiger partial charge on any atom is 0.228 e. The van der Waals surface area contributed by atoms with E-state index in [-0.39, 0.29) is 18.3 Å². The maximum atomic E-state index is 9.82. The normalized spacial score (nSPS) is 26.3. The zero-order valence-corrected chi connectivity index (χ0v) is 11.4. The third-order valence-corrected chi connectivity index (χ3v) is 3.53. The van der Waals surface area contributed by atoms with E-state index in [1.54, 1.807) is 0 Å². The third kappa shape index (κ3) is 2.01. The monoisotopic (exact) mass is 300 g/mol. The highest BCUT2D eigenvalue weighted by Crippen LogP contribution is 2.38. The first kappa shape index (κ1) is 13.5. The van der Waals surface area contributed by atoms with Gasteiger partial charge in [-0.3, -0.25) is 4.57 Å². The highest BCUT2D eigenvalue weighted by atomic mass is 35.5. The smallest absolute Gasteiger partial charge is 0.228 e. The first-order chi connectivity index (χ1) is 9.65. The van der Waals surface area contributed by atoms with Gasteiger partial charge >= 0.3 is 0 Å². The summed E-state index contributed by atoms with van der Waals surface area (Å²) in [5.74, 6) is 0.730. The number of aromatic nitrogens is 4. The van der Waals surface area contributed by atoms with Crippen molar-refractivity contribution in [3.8, 4) is 17.4 Å². The summed E-state index contributed by atoms with van der Waals surface area (Å²) >= 11 is 6.14. The van der Waals surface area contributed by atoms with E-state index in [4.69, 9.17) is 26.2 Å². The molecule has 0 saturated carbocycles. The van der Waals surface area contributed by atoms with Gasteiger partial charge in [0, 0.05) is 6.42 Å². The molecule has 1 saturated heterocycles. The quantitative estimate of drug-likeness (QED) is 0.774. The molecule has 0 aromatic carbocycles. The van der Waals surface area contributed by atoms with E-state index in [1.807, 2.05) is 0 Å². The van der Waals surface area contributed by atoms with Gasteiger partial charge in [-0.25, -0.2) is 9.97 Å². The molecule has 8 nitrogen and oxygen atoms in total. The number of imidazole rings is 1. The summed E-state index contributed by atoms with van der Waals surface area (Å²) in [6, 6.07) is 0. The minimum absolute atomic E-state index is 0.116. The average molecular weight is 301 g/mol. The van der Waals surface area contributed by atoms with Crippen molar-refractivity contribution in [1.29, 1.82) is 0 Å². The number of aliphatic hydroxyl groups is 2. The number of aliphatic hydroxyl groups excluding tert-OH is 2. The predicted molar refractivity (Wildman–Crippen MR) is 67.6 cm³/mol. The minimum atomic E-state index is -0.778. The Hall–Kier alpha value is -1.48. The van der Waals surface area contributed by atoms with Crippen molar-refractivity contribution in [2.75, 3.05) is 13.7 Å². The van der Waals surface area contributed by atoms with Crippen molar-refractivity contribution < 1.29 is 19.7 Å². The Morgan fingerprint density at radius 1 is 1.55 bits per heavy atom. The van der Waals surface area contributed by atoms with E-state index in [9.17, 15) is 5.11 Å². The Kier molecular flexibility index (Phi) is 3.47. The molecular weight excluding hydrogens is 288 g/mol. The van der Waals surface area contributed by atoms with E-state index in [0.717, 1.165) is 0 Å². The predicted octanol–water partition coefficient (Wildman–Crippen LogP) is 0.0806. The van der Waals surface area contributed by atoms with Crippen LogP contribution in [0.25, 0.3) is 11.5 Å². The Morgan fingerprint density at radius 3 is 3.00 bits per heavy atom. The Labute approximate surface area is 119 Å². The van der Waals surface area contributed by atoms with Crippen LogP contribution in [0, 0.1) is 0 Å². The van der Waals surface area contributed by atoms with E-state index >= 15 is 0 Å². The third-order valence-electron chi connectivity index (χ3n) is 3.26. The topological polar surface area (TPSA) is 103 Å². The molecule has 0 amide bonds. The van der Waals surface area contributed by atoms with Gasteiger partial charge in [0.15, 0.2) is 11.5 Å². The number of hydrogen-bond donors (Lipinski definition) is 2. The second-order valence-electron chi connectivity index (χ2n) is 4.42. The Morgan fingerprint density at radius 2 is 2.35 bits per heavy atom. The van der Waals surface area contributed by atoms with Gasteiger partial charge in [0.1, 0.15) is 18.7 Å². The zero-order valence-electron chi connectivity index (χ0n) is 10.6. The van der Waals surface area contributed by atoms with Crippen molar-refractivity contribution in [3.05, 3.63) is 11.6 Å². The van der Waals surface area contributed by atoms with E-state index in [1.165, 1.54) is 18.0 Å². The number of hydrogen-bond acceptors (Lipinski definition) is 7. The number of halogens is 1. The van der Waals surface area contributed by atoms with Crippen molar-refractivity contribution in [1.82, 2.24) is 19.5 Å². The molecule has 20 heavy (non-hydrogen) atoms. The highest BCUT2D eigenvalue weighted by molar-refractivity contribution is 6.28. The summed E-state index contributed by atoms with van der Waals surface area (Å²) in [4.78, 5) is 12.2. The van der Waals surface area contributed by atoms with Crippen LogP contribution < -0.4 is 4.74 Å². The van der Waals surface area contributed by atoms with Crippen molar-refractivity contribution in [3.63, 3.8) is 0 Å². The lowest BCUT2D eigenvalue weighted by Gasteiger charge is -2.21. The molecule has 0 bridgehead atoms. The second kappa shape index (κ2) is 5.13. The molecule has 1 unspecified atom stereocenters. The van der Waals surface area contributed by atoms with Gasteiger partial charge in [0.05, 0.1) is 19.8 Å². The fourth-order valence-electron chi connectivity index (χ4n) is 2.31. The molecule has 3 aliphatic rings. The van der Waals surface area contributed by atoms with Gasteiger partial charge in [-0.1, -0.05) is 0 Å². The molecule has 1 fully saturated rings. The highest BCUT2D eigenvalue weighted by Gasteiger charge is 2.37. The van der Waals surface area contributed by atoms with Crippen LogP contribution in [0.1, 0.15) is 12.6 Å². The summed E-state index contributed by atoms with van der Waals surface area (Å²) in [5, 5.41) is 19.1. The van der Waals surface area contributed by atoms with Crippen molar-refractivity contribution >= 4 is 11.6 Å². The fourth-order valence-corrected chi connectivity index (χ4v) is 2.58. The molecule has 3 heterocycles. The molecule has 0 aromatic rings. The van der Waals surface area contributed by atoms with Crippen molar-refractivity contribution in [2.45, 2.75) is 24.9 Å². The van der Waals surface area contributed by atoms with Crippen LogP contribution in [0.3, 0.4) is 0 Å². The second-order valence-corrected chi connectivity index (χ2v) is 4.76. The lowest BCUT2D eigenvalue weighted by molar-refractivity contribution is -0.0465. The number of nitrogens with zero attached hydrogens (tertiary/aromatic N) is 4. The average Bonchev–Trinajstić information content (AvgIpc) is 3.02. The number of methoxy groups -OCH3 is 1. The summed E-state index contributed by atoms with van der Waals surface area (Å²) in [6.45, 7) is -0.274. The van der Waals surface area contributed by atoms with Gasteiger partial charge < -0.3 is 19.7 Å². The largest absolute Gasteiger partial charge is 0.480 e. The maximum absolute atomic E-state index is 9.82. The van der Waals surface area contributed by atoms with Gasteiger partial charge in [-0.15, -0.1) is 0 Å². The van der Waals surface area contributed by atoms with Gasteiger partial charge in [-0.05, 0) is 11.6 Å². The van der Waals surface area contributed by atoms with Crippen LogP contribution in [0.2, 0.25) is 5.28 Å². The Bertz CT molecular complexity index is 592. The van der Waals surface area contributed by atoms with Crippen LogP contribution in [0.4, 0.5) is 0 Å². The lowest BCUT2D eigenvalue weighted by atomic mass is 10.2. The van der Waals surface area contributed by atoms with E-state index in [0.29, 0.717) is 17.4 Å². The summed E-state index contributed by atoms with van der Waals surface area (Å²) in [5.41, 5.74) is 0.461. The molecular formula is C11H13ClN4O4. The van der Waals surface area contributed by atoms with Crippen LogP contribution in [-0.2, 0) is 4.74 Å². The van der Waals surface area contributed by atoms with Crippen LogP contribution >= 0.6 is 11.6 Å². The summed E-state index contributed by atoms with van der Waals surface area (Å²) in [7, 11) is 1.48. The summed E-state index contributed by atoms with van der Waals surface area (Å²) in [6.07, 6.45) is -0.387. The van der Waals surface area contributed by atoms with Gasteiger partial charge in [0.25, 0.3) is 0 Å². The van der Waals surface area contributed by atoms with Crippen LogP contribution in [-0.4, -0.2) is 55.7 Å². The molecule has 0 aromatic heterocycles. The standard InChI is InChI=1S/C11H13ClN4O4/c1-19-10-8-9(14-4-13-8)15-11(12)16(10)7-2-5(18)6(3-17)20-7/h4-7,17-18H,2-3H2,1H3/t5-,6+,7?/m0/s1. The van der Waals surface area contributed by atoms with Crippen LogP contribution in [0.5, 0.6) is 5.88 Å². The number of ether oxygens (including phenoxy) is 2.